The lowest BCUT2D eigenvalue weighted by Crippen LogP contribution is -2.31. The minimum atomic E-state index is -0.800. The van der Waals surface area contributed by atoms with Crippen LogP contribution in [0.2, 0.25) is 0 Å². The van der Waals surface area contributed by atoms with Crippen LogP contribution in [0.15, 0.2) is 40.6 Å². The van der Waals surface area contributed by atoms with Crippen LogP contribution in [0.5, 0.6) is 0 Å². The number of aromatic amines is 1. The summed E-state index contributed by atoms with van der Waals surface area (Å²) in [6, 6.07) is 0.772. The molecule has 3 atom stereocenters. The van der Waals surface area contributed by atoms with Crippen molar-refractivity contribution in [2.24, 2.45) is 18.9 Å². The third-order valence-electron chi connectivity index (χ3n) is 6.69. The van der Waals surface area contributed by atoms with Crippen LogP contribution < -0.4 is 21.5 Å². The molecule has 1 saturated heterocycles. The van der Waals surface area contributed by atoms with E-state index in [9.17, 15) is 14.4 Å². The van der Waals surface area contributed by atoms with E-state index in [4.69, 9.17) is 0 Å². The Bertz CT molecular complexity index is 1560. The number of H-pyrrole nitrogens is 1. The van der Waals surface area contributed by atoms with Crippen LogP contribution in [-0.4, -0.2) is 58.0 Å². The molecular formula is C22H22N10O3. The van der Waals surface area contributed by atoms with Crippen LogP contribution >= 0.6 is 0 Å². The summed E-state index contributed by atoms with van der Waals surface area (Å²) in [5.74, 6) is 2.54. The van der Waals surface area contributed by atoms with E-state index in [0.29, 0.717) is 23.2 Å². The number of nitrogens with zero attached hydrogens (tertiary/aromatic N) is 8. The molecule has 0 bridgehead atoms. The van der Waals surface area contributed by atoms with E-state index in [1.54, 1.807) is 25.4 Å². The molecule has 1 aliphatic heterocycles. The Morgan fingerprint density at radius 2 is 1.89 bits per heavy atom. The number of fused-ring (bicyclic) bond motifs is 2. The quantitative estimate of drug-likeness (QED) is 0.416. The second kappa shape index (κ2) is 7.82. The van der Waals surface area contributed by atoms with Gasteiger partial charge in [-0.2, -0.15) is 0 Å². The van der Waals surface area contributed by atoms with Crippen LogP contribution in [0, 0.1) is 11.8 Å². The highest BCUT2D eigenvalue weighted by Crippen LogP contribution is 2.45. The van der Waals surface area contributed by atoms with Gasteiger partial charge < -0.3 is 14.8 Å². The van der Waals surface area contributed by atoms with E-state index in [-0.39, 0.29) is 11.2 Å². The van der Waals surface area contributed by atoms with Gasteiger partial charge in [0.05, 0.1) is 11.9 Å². The zero-order valence-corrected chi connectivity index (χ0v) is 19.0. The van der Waals surface area contributed by atoms with E-state index >= 15 is 0 Å². The molecule has 1 amide bonds. The molecule has 13 nitrogen and oxygen atoms in total. The average Bonchev–Trinajstić information content (AvgIpc) is 3.25. The fraction of sp³-hybridized carbons (Fsp3) is 0.364. The Morgan fingerprint density at radius 1 is 1.14 bits per heavy atom. The first-order valence-electron chi connectivity index (χ1n) is 11.3. The Balaban J connectivity index is 1.20. The van der Waals surface area contributed by atoms with Gasteiger partial charge in [0.15, 0.2) is 17.0 Å². The molecule has 2 fully saturated rings. The Morgan fingerprint density at radius 3 is 2.63 bits per heavy atom. The molecule has 2 N–H and O–H groups in total. The van der Waals surface area contributed by atoms with Gasteiger partial charge in [-0.1, -0.05) is 0 Å². The van der Waals surface area contributed by atoms with Gasteiger partial charge in [-0.25, -0.2) is 29.7 Å². The van der Waals surface area contributed by atoms with Crippen molar-refractivity contribution in [2.75, 3.05) is 23.3 Å². The van der Waals surface area contributed by atoms with E-state index in [1.165, 1.54) is 35.1 Å². The molecule has 13 heteroatoms. The molecule has 35 heavy (non-hydrogen) atoms. The number of aromatic nitrogens is 8. The summed E-state index contributed by atoms with van der Waals surface area (Å²) >= 11 is 0. The molecule has 3 unspecified atom stereocenters. The summed E-state index contributed by atoms with van der Waals surface area (Å²) in [7, 11) is 1.49. The molecule has 0 radical (unpaired) electrons. The topological polar surface area (TPSA) is 157 Å². The molecule has 1 saturated carbocycles. The zero-order valence-electron chi connectivity index (χ0n) is 19.0. The Kier molecular flexibility index (Phi) is 4.72. The largest absolute Gasteiger partial charge is 0.340 e. The first-order valence-corrected chi connectivity index (χ1v) is 11.3. The zero-order chi connectivity index (χ0) is 24.3. The highest BCUT2D eigenvalue weighted by Gasteiger charge is 2.45. The van der Waals surface area contributed by atoms with Gasteiger partial charge >= 0.3 is 5.69 Å². The molecule has 5 heterocycles. The number of anilines is 2. The minimum absolute atomic E-state index is 0.130. The number of aryl methyl sites for hydroxylation is 1. The fourth-order valence-electron chi connectivity index (χ4n) is 4.53. The number of carbonyl (C=O) groups excluding carboxylic acids is 1. The van der Waals surface area contributed by atoms with Crippen molar-refractivity contribution in [1.82, 2.24) is 39.0 Å². The van der Waals surface area contributed by atoms with E-state index < -0.39 is 23.2 Å². The maximum absolute atomic E-state index is 13.0. The number of nitrogens with one attached hydrogen (secondary N) is 2. The van der Waals surface area contributed by atoms with Gasteiger partial charge in [0.1, 0.15) is 11.9 Å². The molecule has 178 valence electrons. The second-order valence-electron chi connectivity index (χ2n) is 9.01. The van der Waals surface area contributed by atoms with Gasteiger partial charge in [-0.3, -0.25) is 19.1 Å². The van der Waals surface area contributed by atoms with Crippen LogP contribution in [0.3, 0.4) is 0 Å². The monoisotopic (exact) mass is 474 g/mol. The third kappa shape index (κ3) is 3.64. The Hall–Kier alpha value is -4.42. The predicted molar refractivity (Wildman–Crippen MR) is 126 cm³/mol. The van der Waals surface area contributed by atoms with E-state index in [2.05, 4.69) is 40.1 Å². The fourth-order valence-corrected chi connectivity index (χ4v) is 4.53. The lowest BCUT2D eigenvalue weighted by Gasteiger charge is -2.17. The standard InChI is InChI=1S/C22H22N10O3/c1-11(32-10-26-18-16(32)20(34)29-22(35)30(18)2)19(33)28-15-3-4-23-17(27-15)14-6-24-21(25-7-14)31-8-12-5-13(12)9-31/h3-4,6-7,10-13H,5,8-9H2,1-2H3,(H,29,34,35)(H,23,27,28,33). The van der Waals surface area contributed by atoms with E-state index in [1.807, 2.05) is 0 Å². The molecule has 2 aliphatic rings. The van der Waals surface area contributed by atoms with Crippen molar-refractivity contribution in [3.63, 3.8) is 0 Å². The van der Waals surface area contributed by atoms with Crippen molar-refractivity contribution in [2.45, 2.75) is 19.4 Å². The van der Waals surface area contributed by atoms with Gasteiger partial charge in [-0.15, -0.1) is 0 Å². The first kappa shape index (κ1) is 21.1. The van der Waals surface area contributed by atoms with E-state index in [0.717, 1.165) is 24.9 Å². The smallest absolute Gasteiger partial charge is 0.329 e. The van der Waals surface area contributed by atoms with Gasteiger partial charge in [-0.05, 0) is 31.2 Å². The second-order valence-corrected chi connectivity index (χ2v) is 9.01. The molecule has 4 aromatic rings. The summed E-state index contributed by atoms with van der Waals surface area (Å²) in [6.45, 7) is 3.64. The number of piperidine rings is 1. The van der Waals surface area contributed by atoms with Crippen molar-refractivity contribution in [1.29, 1.82) is 0 Å². The van der Waals surface area contributed by atoms with Crippen LogP contribution in [0.4, 0.5) is 11.8 Å². The highest BCUT2D eigenvalue weighted by molar-refractivity contribution is 5.93. The van der Waals surface area contributed by atoms with Gasteiger partial charge in [0, 0.05) is 38.7 Å². The third-order valence-corrected chi connectivity index (χ3v) is 6.69. The van der Waals surface area contributed by atoms with Crippen LogP contribution in [0.1, 0.15) is 19.4 Å². The van der Waals surface area contributed by atoms with Crippen LogP contribution in [0.25, 0.3) is 22.6 Å². The van der Waals surface area contributed by atoms with Crippen molar-refractivity contribution < 1.29 is 4.79 Å². The van der Waals surface area contributed by atoms with Crippen molar-refractivity contribution in [3.05, 3.63) is 51.8 Å². The molecule has 0 aromatic carbocycles. The maximum Gasteiger partial charge on any atom is 0.329 e. The SMILES string of the molecule is CC(C(=O)Nc1ccnc(-c2cnc(N3CC4CC4C3)nc2)n1)n1cnc2c1c(=O)[nH]c(=O)n2C. The molecule has 0 spiro atoms. The van der Waals surface area contributed by atoms with Crippen LogP contribution in [-0.2, 0) is 11.8 Å². The number of rotatable bonds is 5. The number of hydrogen-bond donors (Lipinski definition) is 2. The molecule has 1 aliphatic carbocycles. The highest BCUT2D eigenvalue weighted by atomic mass is 16.2. The lowest BCUT2D eigenvalue weighted by atomic mass is 10.3. The van der Waals surface area contributed by atoms with Crippen molar-refractivity contribution >= 4 is 28.8 Å². The minimum Gasteiger partial charge on any atom is -0.340 e. The Labute approximate surface area is 197 Å². The lowest BCUT2D eigenvalue weighted by molar-refractivity contribution is -0.118. The predicted octanol–water partition coefficient (Wildman–Crippen LogP) is 0.326. The average molecular weight is 474 g/mol. The number of amides is 1. The normalized spacial score (nSPS) is 19.5. The summed E-state index contributed by atoms with van der Waals surface area (Å²) in [6.07, 6.45) is 7.58. The number of imidazole rings is 1. The number of carbonyl (C=O) groups is 1. The molecule has 4 aromatic heterocycles. The molecule has 6 rings (SSSR count). The molecular weight excluding hydrogens is 452 g/mol. The first-order chi connectivity index (χ1) is 16.9. The van der Waals surface area contributed by atoms with Gasteiger partial charge in [0.25, 0.3) is 5.56 Å². The van der Waals surface area contributed by atoms with Gasteiger partial charge in [0.2, 0.25) is 11.9 Å². The maximum atomic E-state index is 13.0. The summed E-state index contributed by atoms with van der Waals surface area (Å²) in [5.41, 5.74) is -0.232. The summed E-state index contributed by atoms with van der Waals surface area (Å²) < 4.78 is 2.63. The summed E-state index contributed by atoms with van der Waals surface area (Å²) in [4.78, 5) is 63.3. The van der Waals surface area contributed by atoms with Crippen molar-refractivity contribution in [3.8, 4) is 11.4 Å². The summed E-state index contributed by atoms with van der Waals surface area (Å²) in [5, 5.41) is 2.75. The number of hydrogen-bond acceptors (Lipinski definition) is 9.